The smallest absolute Gasteiger partial charge is 0.397 e. The second-order valence-corrected chi connectivity index (χ2v) is 4.93. The van der Waals surface area contributed by atoms with E-state index in [4.69, 9.17) is 17.3 Å². The van der Waals surface area contributed by atoms with Crippen LogP contribution in [0.15, 0.2) is 12.1 Å². The maximum atomic E-state index is 12.8. The first-order valence-electron chi connectivity index (χ1n) is 5.69. The molecule has 0 heterocycles. The molecular formula is C12H17Cl2F3N2O. The van der Waals surface area contributed by atoms with E-state index in [9.17, 15) is 18.3 Å². The Morgan fingerprint density at radius 3 is 2.30 bits per heavy atom. The average Bonchev–Trinajstić information content (AvgIpc) is 2.27. The van der Waals surface area contributed by atoms with Gasteiger partial charge in [-0.3, -0.25) is 0 Å². The second kappa shape index (κ2) is 7.36. The van der Waals surface area contributed by atoms with Crippen molar-refractivity contribution in [1.29, 1.82) is 0 Å². The van der Waals surface area contributed by atoms with E-state index in [1.54, 1.807) is 0 Å². The van der Waals surface area contributed by atoms with E-state index in [0.29, 0.717) is 0 Å². The summed E-state index contributed by atoms with van der Waals surface area (Å²) in [6.45, 7) is 3.31. The normalized spacial score (nSPS) is 13.2. The van der Waals surface area contributed by atoms with Gasteiger partial charge in [-0.2, -0.15) is 13.2 Å². The lowest BCUT2D eigenvalue weighted by Crippen LogP contribution is -2.30. The SMILES string of the molecule is CC(C)NC(CO)c1cc(Cl)c(N)c(C(F)(F)F)c1.Cl. The molecule has 0 fully saturated rings. The number of anilines is 1. The fraction of sp³-hybridized carbons (Fsp3) is 0.500. The van der Waals surface area contributed by atoms with Gasteiger partial charge in [-0.15, -0.1) is 12.4 Å². The average molecular weight is 333 g/mol. The summed E-state index contributed by atoms with van der Waals surface area (Å²) in [6, 6.07) is 1.63. The Labute approximate surface area is 126 Å². The van der Waals surface area contributed by atoms with Crippen LogP contribution < -0.4 is 11.1 Å². The maximum Gasteiger partial charge on any atom is 0.418 e. The van der Waals surface area contributed by atoms with E-state index >= 15 is 0 Å². The molecule has 0 saturated heterocycles. The highest BCUT2D eigenvalue weighted by Crippen LogP contribution is 2.38. The van der Waals surface area contributed by atoms with Gasteiger partial charge >= 0.3 is 6.18 Å². The minimum absolute atomic E-state index is 0. The van der Waals surface area contributed by atoms with Gasteiger partial charge in [0.1, 0.15) is 0 Å². The number of hydrogen-bond acceptors (Lipinski definition) is 3. The monoisotopic (exact) mass is 332 g/mol. The van der Waals surface area contributed by atoms with Gasteiger partial charge in [0.15, 0.2) is 0 Å². The number of halogens is 5. The number of aliphatic hydroxyl groups is 1. The van der Waals surface area contributed by atoms with Crippen LogP contribution in [0, 0.1) is 0 Å². The molecule has 20 heavy (non-hydrogen) atoms. The first kappa shape index (κ1) is 19.3. The van der Waals surface area contributed by atoms with Gasteiger partial charge in [-0.1, -0.05) is 25.4 Å². The minimum Gasteiger partial charge on any atom is -0.397 e. The Bertz CT molecular complexity index is 453. The Hall–Kier alpha value is -0.690. The summed E-state index contributed by atoms with van der Waals surface area (Å²) in [7, 11) is 0. The summed E-state index contributed by atoms with van der Waals surface area (Å²) in [5.74, 6) is 0. The number of nitrogen functional groups attached to an aromatic ring is 1. The first-order chi connectivity index (χ1) is 8.66. The molecule has 0 aromatic heterocycles. The molecule has 1 aromatic rings. The van der Waals surface area contributed by atoms with Gasteiger partial charge in [0, 0.05) is 6.04 Å². The second-order valence-electron chi connectivity index (χ2n) is 4.52. The van der Waals surface area contributed by atoms with Gasteiger partial charge < -0.3 is 16.2 Å². The molecule has 0 amide bonds. The molecule has 4 N–H and O–H groups in total. The van der Waals surface area contributed by atoms with Gasteiger partial charge in [0.2, 0.25) is 0 Å². The molecule has 8 heteroatoms. The molecule has 0 aliphatic rings. The van der Waals surface area contributed by atoms with Crippen molar-refractivity contribution in [2.75, 3.05) is 12.3 Å². The Kier molecular flexibility index (Phi) is 7.10. The Morgan fingerprint density at radius 1 is 1.35 bits per heavy atom. The molecule has 0 aliphatic carbocycles. The molecule has 1 aromatic carbocycles. The number of nitrogens with one attached hydrogen (secondary N) is 1. The van der Waals surface area contributed by atoms with Crippen molar-refractivity contribution >= 4 is 29.7 Å². The molecule has 0 saturated carbocycles. The summed E-state index contributed by atoms with van der Waals surface area (Å²) in [5, 5.41) is 12.0. The van der Waals surface area contributed by atoms with Crippen molar-refractivity contribution in [2.24, 2.45) is 0 Å². The van der Waals surface area contributed by atoms with Crippen LogP contribution in [0.3, 0.4) is 0 Å². The minimum atomic E-state index is -4.58. The number of nitrogens with two attached hydrogens (primary N) is 1. The van der Waals surface area contributed by atoms with Crippen LogP contribution in [-0.4, -0.2) is 17.8 Å². The number of alkyl halides is 3. The lowest BCUT2D eigenvalue weighted by Gasteiger charge is -2.22. The summed E-state index contributed by atoms with van der Waals surface area (Å²) in [6.07, 6.45) is -4.58. The summed E-state index contributed by atoms with van der Waals surface area (Å²) in [5.41, 5.74) is 4.11. The maximum absolute atomic E-state index is 12.8. The fourth-order valence-corrected chi connectivity index (χ4v) is 1.96. The van der Waals surface area contributed by atoms with Gasteiger partial charge in [-0.25, -0.2) is 0 Å². The predicted molar refractivity (Wildman–Crippen MR) is 76.2 cm³/mol. The van der Waals surface area contributed by atoms with E-state index in [2.05, 4.69) is 5.32 Å². The van der Waals surface area contributed by atoms with Crippen LogP contribution in [0.4, 0.5) is 18.9 Å². The highest BCUT2D eigenvalue weighted by atomic mass is 35.5. The van der Waals surface area contributed by atoms with Crippen LogP contribution in [0.25, 0.3) is 0 Å². The molecule has 3 nitrogen and oxygen atoms in total. The van der Waals surface area contributed by atoms with E-state index in [-0.39, 0.29) is 35.6 Å². The first-order valence-corrected chi connectivity index (χ1v) is 6.07. The fourth-order valence-electron chi connectivity index (χ4n) is 1.73. The lowest BCUT2D eigenvalue weighted by atomic mass is 10.0. The number of aliphatic hydroxyl groups excluding tert-OH is 1. The van der Waals surface area contributed by atoms with Gasteiger partial charge in [-0.05, 0) is 17.7 Å². The molecule has 1 atom stereocenters. The summed E-state index contributed by atoms with van der Waals surface area (Å²) >= 11 is 5.73. The third-order valence-electron chi connectivity index (χ3n) is 2.58. The third-order valence-corrected chi connectivity index (χ3v) is 2.89. The molecule has 1 rings (SSSR count). The Balaban J connectivity index is 0.00000361. The van der Waals surface area contributed by atoms with Crippen LogP contribution >= 0.6 is 24.0 Å². The van der Waals surface area contributed by atoms with Gasteiger partial charge in [0.05, 0.1) is 28.9 Å². The van der Waals surface area contributed by atoms with Crippen LogP contribution in [0.5, 0.6) is 0 Å². The molecular weight excluding hydrogens is 316 g/mol. The topological polar surface area (TPSA) is 58.3 Å². The molecule has 0 aliphatic heterocycles. The third kappa shape index (κ3) is 4.70. The van der Waals surface area contributed by atoms with E-state index < -0.39 is 23.5 Å². The van der Waals surface area contributed by atoms with Crippen molar-refractivity contribution in [3.05, 3.63) is 28.3 Å². The number of benzene rings is 1. The predicted octanol–water partition coefficient (Wildman–Crippen LogP) is 3.39. The Morgan fingerprint density at radius 2 is 1.90 bits per heavy atom. The quantitative estimate of drug-likeness (QED) is 0.740. The van der Waals surface area contributed by atoms with Crippen LogP contribution in [-0.2, 0) is 6.18 Å². The van der Waals surface area contributed by atoms with Crippen molar-refractivity contribution in [3.8, 4) is 0 Å². The zero-order valence-corrected chi connectivity index (χ0v) is 12.5. The van der Waals surface area contributed by atoms with Crippen LogP contribution in [0.1, 0.15) is 31.0 Å². The number of hydrogen-bond donors (Lipinski definition) is 3. The van der Waals surface area contributed by atoms with Crippen molar-refractivity contribution in [1.82, 2.24) is 5.32 Å². The molecule has 116 valence electrons. The van der Waals surface area contributed by atoms with E-state index in [1.165, 1.54) is 6.07 Å². The summed E-state index contributed by atoms with van der Waals surface area (Å²) < 4.78 is 38.5. The summed E-state index contributed by atoms with van der Waals surface area (Å²) in [4.78, 5) is 0. The standard InChI is InChI=1S/C12H16ClF3N2O.ClH/c1-6(2)18-10(5-19)7-3-8(12(14,15)16)11(17)9(13)4-7;/h3-4,6,10,18-19H,5,17H2,1-2H3;1H. The molecule has 0 spiro atoms. The van der Waals surface area contributed by atoms with E-state index in [1.807, 2.05) is 13.8 Å². The van der Waals surface area contributed by atoms with Crippen LogP contribution in [0.2, 0.25) is 5.02 Å². The van der Waals surface area contributed by atoms with Crippen molar-refractivity contribution < 1.29 is 18.3 Å². The largest absolute Gasteiger partial charge is 0.418 e. The lowest BCUT2D eigenvalue weighted by molar-refractivity contribution is -0.137. The highest BCUT2D eigenvalue weighted by Gasteiger charge is 2.34. The van der Waals surface area contributed by atoms with E-state index in [0.717, 1.165) is 6.07 Å². The number of rotatable bonds is 4. The molecule has 0 bridgehead atoms. The molecule has 1 unspecified atom stereocenters. The zero-order chi connectivity index (χ0) is 14.8. The van der Waals surface area contributed by atoms with Crippen molar-refractivity contribution in [3.63, 3.8) is 0 Å². The zero-order valence-electron chi connectivity index (χ0n) is 11.0. The van der Waals surface area contributed by atoms with Crippen molar-refractivity contribution in [2.45, 2.75) is 32.1 Å². The van der Waals surface area contributed by atoms with Gasteiger partial charge in [0.25, 0.3) is 0 Å². The highest BCUT2D eigenvalue weighted by molar-refractivity contribution is 6.33. The molecule has 0 radical (unpaired) electrons.